The van der Waals surface area contributed by atoms with Crippen molar-refractivity contribution in [2.45, 2.75) is 11.3 Å². The Bertz CT molecular complexity index is 1090. The van der Waals surface area contributed by atoms with Gasteiger partial charge in [-0.3, -0.25) is 9.52 Å². The molecule has 0 atom stereocenters. The summed E-state index contributed by atoms with van der Waals surface area (Å²) in [4.78, 5) is 14.3. The van der Waals surface area contributed by atoms with Gasteiger partial charge in [0.25, 0.3) is 15.9 Å². The van der Waals surface area contributed by atoms with Crippen LogP contribution in [0.15, 0.2) is 74.6 Å². The maximum Gasteiger partial charge on any atom is 0.293 e. The lowest BCUT2D eigenvalue weighted by Crippen LogP contribution is -2.28. The van der Waals surface area contributed by atoms with Crippen LogP contribution >= 0.6 is 15.9 Å². The highest BCUT2D eigenvalue weighted by Crippen LogP contribution is 2.32. The standard InChI is InChI=1S/C19H15BrN2O4S/c20-14-3-6-16(7-4-14)27(24,25)21-15-5-8-17-13(12-15)9-10-22(17)19(23)18-2-1-11-26-18/h1-8,11-12,21H,9-10H2. The van der Waals surface area contributed by atoms with Gasteiger partial charge in [0.1, 0.15) is 0 Å². The van der Waals surface area contributed by atoms with Gasteiger partial charge in [0.15, 0.2) is 5.76 Å². The molecule has 0 radical (unpaired) electrons. The fourth-order valence-corrected chi connectivity index (χ4v) is 4.35. The van der Waals surface area contributed by atoms with E-state index in [1.165, 1.54) is 18.4 Å². The van der Waals surface area contributed by atoms with Crippen LogP contribution in [0.2, 0.25) is 0 Å². The first kappa shape index (κ1) is 17.8. The molecular formula is C19H15BrN2O4S. The Balaban J connectivity index is 1.57. The molecule has 1 aromatic heterocycles. The number of amides is 1. The van der Waals surface area contributed by atoms with E-state index in [2.05, 4.69) is 20.7 Å². The molecule has 4 rings (SSSR count). The molecule has 1 amide bonds. The Labute approximate surface area is 165 Å². The minimum atomic E-state index is -3.68. The largest absolute Gasteiger partial charge is 0.459 e. The van der Waals surface area contributed by atoms with Crippen molar-refractivity contribution in [1.29, 1.82) is 0 Å². The molecule has 1 aliphatic heterocycles. The molecule has 138 valence electrons. The molecule has 0 aliphatic carbocycles. The predicted molar refractivity (Wildman–Crippen MR) is 105 cm³/mol. The highest BCUT2D eigenvalue weighted by Gasteiger charge is 2.27. The van der Waals surface area contributed by atoms with Crippen LogP contribution in [0.1, 0.15) is 16.1 Å². The molecule has 3 aromatic rings. The third-order valence-electron chi connectivity index (χ3n) is 4.33. The van der Waals surface area contributed by atoms with Crippen molar-refractivity contribution < 1.29 is 17.6 Å². The van der Waals surface area contributed by atoms with Crippen molar-refractivity contribution in [2.75, 3.05) is 16.2 Å². The molecule has 2 aromatic carbocycles. The van der Waals surface area contributed by atoms with Gasteiger partial charge in [-0.2, -0.15) is 0 Å². The number of fused-ring (bicyclic) bond motifs is 1. The van der Waals surface area contributed by atoms with E-state index in [1.807, 2.05) is 0 Å². The van der Waals surface area contributed by atoms with Gasteiger partial charge in [0.05, 0.1) is 11.2 Å². The van der Waals surface area contributed by atoms with Crippen LogP contribution in [-0.2, 0) is 16.4 Å². The van der Waals surface area contributed by atoms with E-state index in [0.29, 0.717) is 18.7 Å². The molecule has 27 heavy (non-hydrogen) atoms. The van der Waals surface area contributed by atoms with E-state index in [4.69, 9.17) is 4.42 Å². The van der Waals surface area contributed by atoms with Crippen LogP contribution in [0.4, 0.5) is 11.4 Å². The highest BCUT2D eigenvalue weighted by atomic mass is 79.9. The van der Waals surface area contributed by atoms with E-state index in [1.54, 1.807) is 47.4 Å². The zero-order chi connectivity index (χ0) is 19.0. The second-order valence-electron chi connectivity index (χ2n) is 6.09. The lowest BCUT2D eigenvalue weighted by molar-refractivity contribution is 0.0963. The monoisotopic (exact) mass is 446 g/mol. The number of hydrogen-bond donors (Lipinski definition) is 1. The molecule has 8 heteroatoms. The van der Waals surface area contributed by atoms with Gasteiger partial charge in [-0.05, 0) is 66.6 Å². The SMILES string of the molecule is O=C(c1ccco1)N1CCc2cc(NS(=O)(=O)c3ccc(Br)cc3)ccc21. The number of sulfonamides is 1. The molecule has 0 fully saturated rings. The number of nitrogens with one attached hydrogen (secondary N) is 1. The van der Waals surface area contributed by atoms with Gasteiger partial charge in [-0.15, -0.1) is 0 Å². The highest BCUT2D eigenvalue weighted by molar-refractivity contribution is 9.10. The minimum Gasteiger partial charge on any atom is -0.459 e. The third kappa shape index (κ3) is 3.50. The summed E-state index contributed by atoms with van der Waals surface area (Å²) in [6.07, 6.45) is 2.11. The quantitative estimate of drug-likeness (QED) is 0.655. The first-order valence-electron chi connectivity index (χ1n) is 8.21. The van der Waals surface area contributed by atoms with Gasteiger partial charge in [0.2, 0.25) is 0 Å². The summed E-state index contributed by atoms with van der Waals surface area (Å²) in [5, 5.41) is 0. The molecule has 0 saturated heterocycles. The summed E-state index contributed by atoms with van der Waals surface area (Å²) in [6.45, 7) is 0.526. The number of anilines is 2. The van der Waals surface area contributed by atoms with E-state index in [-0.39, 0.29) is 16.6 Å². The van der Waals surface area contributed by atoms with Crippen LogP contribution in [0.3, 0.4) is 0 Å². The van der Waals surface area contributed by atoms with Gasteiger partial charge in [-0.1, -0.05) is 15.9 Å². The normalized spacial score (nSPS) is 13.4. The van der Waals surface area contributed by atoms with Crippen LogP contribution < -0.4 is 9.62 Å². The van der Waals surface area contributed by atoms with Gasteiger partial charge in [0, 0.05) is 22.4 Å². The number of carbonyl (C=O) groups is 1. The second kappa shape index (κ2) is 6.86. The summed E-state index contributed by atoms with van der Waals surface area (Å²) in [6, 6.07) is 14.9. The smallest absolute Gasteiger partial charge is 0.293 e. The molecule has 2 heterocycles. The molecule has 0 saturated carbocycles. The summed E-state index contributed by atoms with van der Waals surface area (Å²) in [5.74, 6) is 0.0739. The van der Waals surface area contributed by atoms with Crippen molar-refractivity contribution in [1.82, 2.24) is 0 Å². The average Bonchev–Trinajstić information content (AvgIpc) is 3.31. The molecule has 0 spiro atoms. The summed E-state index contributed by atoms with van der Waals surface area (Å²) < 4.78 is 33.7. The van der Waals surface area contributed by atoms with Crippen molar-refractivity contribution in [3.05, 3.63) is 76.7 Å². The fourth-order valence-electron chi connectivity index (χ4n) is 3.04. The topological polar surface area (TPSA) is 79.6 Å². The van der Waals surface area contributed by atoms with Gasteiger partial charge >= 0.3 is 0 Å². The van der Waals surface area contributed by atoms with Gasteiger partial charge < -0.3 is 9.32 Å². The van der Waals surface area contributed by atoms with Crippen molar-refractivity contribution in [3.63, 3.8) is 0 Å². The Morgan fingerprint density at radius 1 is 1.11 bits per heavy atom. The zero-order valence-corrected chi connectivity index (χ0v) is 16.5. The Morgan fingerprint density at radius 3 is 2.59 bits per heavy atom. The van der Waals surface area contributed by atoms with Crippen LogP contribution in [0, 0.1) is 0 Å². The van der Waals surface area contributed by atoms with E-state index < -0.39 is 10.0 Å². The number of nitrogens with zero attached hydrogens (tertiary/aromatic N) is 1. The molecule has 1 N–H and O–H groups in total. The first-order valence-corrected chi connectivity index (χ1v) is 10.5. The number of halogens is 1. The zero-order valence-electron chi connectivity index (χ0n) is 14.1. The van der Waals surface area contributed by atoms with Crippen molar-refractivity contribution in [2.24, 2.45) is 0 Å². The molecule has 0 unspecified atom stereocenters. The molecular weight excluding hydrogens is 432 g/mol. The maximum absolute atomic E-state index is 12.5. The van der Waals surface area contributed by atoms with Crippen molar-refractivity contribution >= 4 is 43.2 Å². The maximum atomic E-state index is 12.5. The molecule has 6 nitrogen and oxygen atoms in total. The number of hydrogen-bond acceptors (Lipinski definition) is 4. The van der Waals surface area contributed by atoms with Crippen LogP contribution in [0.5, 0.6) is 0 Å². The van der Waals surface area contributed by atoms with Gasteiger partial charge in [-0.25, -0.2) is 8.42 Å². The van der Waals surface area contributed by atoms with Crippen LogP contribution in [0.25, 0.3) is 0 Å². The van der Waals surface area contributed by atoms with Crippen molar-refractivity contribution in [3.8, 4) is 0 Å². The second-order valence-corrected chi connectivity index (χ2v) is 8.69. The third-order valence-corrected chi connectivity index (χ3v) is 6.25. The number of furan rings is 1. The molecule has 0 bridgehead atoms. The van der Waals surface area contributed by atoms with E-state index >= 15 is 0 Å². The first-order chi connectivity index (χ1) is 12.9. The lowest BCUT2D eigenvalue weighted by atomic mass is 10.1. The number of rotatable bonds is 4. The number of benzene rings is 2. The average molecular weight is 447 g/mol. The number of carbonyl (C=O) groups excluding carboxylic acids is 1. The molecule has 1 aliphatic rings. The van der Waals surface area contributed by atoms with E-state index in [0.717, 1.165) is 15.7 Å². The predicted octanol–water partition coefficient (Wildman–Crippen LogP) is 4.05. The Hall–Kier alpha value is -2.58. The minimum absolute atomic E-state index is 0.181. The lowest BCUT2D eigenvalue weighted by Gasteiger charge is -2.16. The summed E-state index contributed by atoms with van der Waals surface area (Å²) >= 11 is 3.29. The Kier molecular flexibility index (Phi) is 4.53. The summed E-state index contributed by atoms with van der Waals surface area (Å²) in [7, 11) is -3.68. The fraction of sp³-hybridized carbons (Fsp3) is 0.105. The van der Waals surface area contributed by atoms with Crippen LogP contribution in [-0.4, -0.2) is 20.9 Å². The summed E-state index contributed by atoms with van der Waals surface area (Å²) in [5.41, 5.74) is 2.14. The Morgan fingerprint density at radius 2 is 1.89 bits per heavy atom. The van der Waals surface area contributed by atoms with E-state index in [9.17, 15) is 13.2 Å².